The van der Waals surface area contributed by atoms with E-state index in [9.17, 15) is 0 Å². The van der Waals surface area contributed by atoms with Crippen molar-refractivity contribution < 1.29 is 5.11 Å². The summed E-state index contributed by atoms with van der Waals surface area (Å²) in [6.45, 7) is 4.98. The van der Waals surface area contributed by atoms with Crippen LogP contribution in [0.25, 0.3) is 0 Å². The molecule has 1 aromatic heterocycles. The van der Waals surface area contributed by atoms with Gasteiger partial charge in [-0.1, -0.05) is 6.92 Å². The van der Waals surface area contributed by atoms with Crippen LogP contribution in [0.5, 0.6) is 0 Å². The molecule has 0 amide bonds. The number of nitrogens with two attached hydrogens (primary N) is 1. The molecule has 0 aliphatic rings. The van der Waals surface area contributed by atoms with Crippen molar-refractivity contribution in [3.63, 3.8) is 0 Å². The van der Waals surface area contributed by atoms with E-state index in [-0.39, 0.29) is 6.61 Å². The van der Waals surface area contributed by atoms with E-state index in [1.54, 1.807) is 6.20 Å². The summed E-state index contributed by atoms with van der Waals surface area (Å²) in [6.07, 6.45) is 4.39. The Morgan fingerprint density at radius 2 is 2.33 bits per heavy atom. The van der Waals surface area contributed by atoms with Gasteiger partial charge in [0.15, 0.2) is 0 Å². The normalized spacial score (nSPS) is 15.2. The first-order chi connectivity index (χ1) is 7.11. The third-order valence-corrected chi connectivity index (χ3v) is 2.99. The molecule has 1 heterocycles. The fourth-order valence-corrected chi connectivity index (χ4v) is 1.58. The molecule has 4 heteroatoms. The summed E-state index contributed by atoms with van der Waals surface area (Å²) in [7, 11) is 0. The van der Waals surface area contributed by atoms with Crippen molar-refractivity contribution in [2.24, 2.45) is 5.73 Å². The van der Waals surface area contributed by atoms with Gasteiger partial charge in [0.05, 0.1) is 6.61 Å². The summed E-state index contributed by atoms with van der Waals surface area (Å²) in [4.78, 5) is 0. The summed E-state index contributed by atoms with van der Waals surface area (Å²) < 4.78 is 1.97. The van der Waals surface area contributed by atoms with Gasteiger partial charge in [0.1, 0.15) is 0 Å². The van der Waals surface area contributed by atoms with E-state index in [4.69, 9.17) is 10.8 Å². The molecule has 4 nitrogen and oxygen atoms in total. The molecule has 0 radical (unpaired) electrons. The number of nitrogens with zero attached hydrogens (tertiary/aromatic N) is 2. The van der Waals surface area contributed by atoms with Crippen LogP contribution in [0.15, 0.2) is 12.3 Å². The third kappa shape index (κ3) is 3.32. The number of aromatic nitrogens is 2. The van der Waals surface area contributed by atoms with Gasteiger partial charge in [0.25, 0.3) is 0 Å². The first-order valence-corrected chi connectivity index (χ1v) is 5.49. The third-order valence-electron chi connectivity index (χ3n) is 2.99. The van der Waals surface area contributed by atoms with Crippen molar-refractivity contribution in [1.29, 1.82) is 0 Å². The highest BCUT2D eigenvalue weighted by atomic mass is 16.3. The van der Waals surface area contributed by atoms with Crippen LogP contribution < -0.4 is 5.73 Å². The molecule has 15 heavy (non-hydrogen) atoms. The number of hydrogen-bond donors (Lipinski definition) is 2. The van der Waals surface area contributed by atoms with E-state index in [1.165, 1.54) is 0 Å². The molecule has 86 valence electrons. The van der Waals surface area contributed by atoms with E-state index < -0.39 is 5.54 Å². The van der Waals surface area contributed by atoms with Gasteiger partial charge in [-0.05, 0) is 32.3 Å². The monoisotopic (exact) mass is 211 g/mol. The van der Waals surface area contributed by atoms with Gasteiger partial charge in [-0.25, -0.2) is 0 Å². The van der Waals surface area contributed by atoms with Crippen LogP contribution in [-0.2, 0) is 6.54 Å². The Hall–Kier alpha value is -0.870. The average Bonchev–Trinajstić information content (AvgIpc) is 2.64. The fraction of sp³-hybridized carbons (Fsp3) is 0.727. The van der Waals surface area contributed by atoms with Crippen LogP contribution in [0.1, 0.15) is 31.9 Å². The van der Waals surface area contributed by atoms with Crippen LogP contribution in [0.4, 0.5) is 0 Å². The molecule has 0 aromatic carbocycles. The predicted octanol–water partition coefficient (Wildman–Crippen LogP) is 1.07. The lowest BCUT2D eigenvalue weighted by atomic mass is 9.93. The van der Waals surface area contributed by atoms with Crippen LogP contribution >= 0.6 is 0 Å². The van der Waals surface area contributed by atoms with Gasteiger partial charge < -0.3 is 10.8 Å². The number of rotatable bonds is 6. The Bertz CT molecular complexity index is 292. The van der Waals surface area contributed by atoms with Gasteiger partial charge in [-0.2, -0.15) is 5.10 Å². The Morgan fingerprint density at radius 1 is 1.60 bits per heavy atom. The first kappa shape index (κ1) is 12.2. The maximum atomic E-state index is 9.15. The molecule has 3 N–H and O–H groups in total. The summed E-state index contributed by atoms with van der Waals surface area (Å²) >= 11 is 0. The van der Waals surface area contributed by atoms with Crippen molar-refractivity contribution in [1.82, 2.24) is 9.78 Å². The molecule has 0 saturated heterocycles. The SMILES string of the molecule is CCC(N)(CO)CCCn1nccc1C. The van der Waals surface area contributed by atoms with E-state index in [0.29, 0.717) is 0 Å². The lowest BCUT2D eigenvalue weighted by Gasteiger charge is -2.25. The zero-order valence-corrected chi connectivity index (χ0v) is 9.61. The summed E-state index contributed by atoms with van der Waals surface area (Å²) in [5, 5.41) is 13.3. The van der Waals surface area contributed by atoms with Crippen molar-refractivity contribution >= 4 is 0 Å². The zero-order chi connectivity index (χ0) is 11.3. The van der Waals surface area contributed by atoms with Crippen LogP contribution in [0, 0.1) is 6.92 Å². The highest BCUT2D eigenvalue weighted by Crippen LogP contribution is 2.14. The van der Waals surface area contributed by atoms with Gasteiger partial charge in [-0.15, -0.1) is 0 Å². The number of aliphatic hydroxyl groups is 1. The van der Waals surface area contributed by atoms with Crippen molar-refractivity contribution in [3.05, 3.63) is 18.0 Å². The van der Waals surface area contributed by atoms with E-state index >= 15 is 0 Å². The molecule has 0 fully saturated rings. The minimum Gasteiger partial charge on any atom is -0.394 e. The Labute approximate surface area is 91.1 Å². The second-order valence-corrected chi connectivity index (χ2v) is 4.17. The van der Waals surface area contributed by atoms with Crippen LogP contribution in [0.3, 0.4) is 0 Å². The molecule has 1 aromatic rings. The smallest absolute Gasteiger partial charge is 0.0611 e. The number of hydrogen-bond acceptors (Lipinski definition) is 3. The fourth-order valence-electron chi connectivity index (χ4n) is 1.58. The second-order valence-electron chi connectivity index (χ2n) is 4.17. The molecule has 0 saturated carbocycles. The first-order valence-electron chi connectivity index (χ1n) is 5.49. The average molecular weight is 211 g/mol. The zero-order valence-electron chi connectivity index (χ0n) is 9.61. The highest BCUT2D eigenvalue weighted by Gasteiger charge is 2.20. The van der Waals surface area contributed by atoms with Crippen LogP contribution in [0.2, 0.25) is 0 Å². The Balaban J connectivity index is 2.36. The molecule has 1 rings (SSSR count). The van der Waals surface area contributed by atoms with E-state index in [2.05, 4.69) is 5.10 Å². The Kier molecular flexibility index (Phi) is 4.29. The Morgan fingerprint density at radius 3 is 2.80 bits per heavy atom. The van der Waals surface area contributed by atoms with E-state index in [0.717, 1.165) is 31.5 Å². The maximum absolute atomic E-state index is 9.15. The molecule has 0 spiro atoms. The minimum atomic E-state index is -0.416. The molecular weight excluding hydrogens is 190 g/mol. The van der Waals surface area contributed by atoms with Crippen molar-refractivity contribution in [3.8, 4) is 0 Å². The van der Waals surface area contributed by atoms with Gasteiger partial charge >= 0.3 is 0 Å². The molecule has 1 atom stereocenters. The summed E-state index contributed by atoms with van der Waals surface area (Å²) in [5.74, 6) is 0. The summed E-state index contributed by atoms with van der Waals surface area (Å²) in [5.41, 5.74) is 6.74. The maximum Gasteiger partial charge on any atom is 0.0611 e. The van der Waals surface area contributed by atoms with Gasteiger partial charge in [0, 0.05) is 24.0 Å². The second kappa shape index (κ2) is 5.28. The lowest BCUT2D eigenvalue weighted by Crippen LogP contribution is -2.43. The largest absolute Gasteiger partial charge is 0.394 e. The van der Waals surface area contributed by atoms with Crippen molar-refractivity contribution in [2.75, 3.05) is 6.61 Å². The van der Waals surface area contributed by atoms with Gasteiger partial charge in [0.2, 0.25) is 0 Å². The lowest BCUT2D eigenvalue weighted by molar-refractivity contribution is 0.178. The molecule has 0 bridgehead atoms. The predicted molar refractivity (Wildman–Crippen MR) is 60.5 cm³/mol. The topological polar surface area (TPSA) is 64.1 Å². The molecular formula is C11H21N3O. The minimum absolute atomic E-state index is 0.0571. The molecule has 0 aliphatic carbocycles. The van der Waals surface area contributed by atoms with Crippen molar-refractivity contribution in [2.45, 2.75) is 45.2 Å². The standard InChI is InChI=1S/C11H21N3O/c1-3-11(12,9-15)6-4-8-14-10(2)5-7-13-14/h5,7,15H,3-4,6,8-9,12H2,1-2H3. The van der Waals surface area contributed by atoms with E-state index in [1.807, 2.05) is 24.6 Å². The highest BCUT2D eigenvalue weighted by molar-refractivity contribution is 4.96. The quantitative estimate of drug-likeness (QED) is 0.740. The number of aliphatic hydroxyl groups excluding tert-OH is 1. The summed E-state index contributed by atoms with van der Waals surface area (Å²) in [6, 6.07) is 1.99. The van der Waals surface area contributed by atoms with Crippen LogP contribution in [-0.4, -0.2) is 27.0 Å². The molecule has 1 unspecified atom stereocenters. The molecule has 0 aliphatic heterocycles. The van der Waals surface area contributed by atoms with Gasteiger partial charge in [-0.3, -0.25) is 4.68 Å². The number of aryl methyl sites for hydroxylation is 2.